The number of anilines is 1. The SMILES string of the molecule is NC1=NC(Cl)N(c2cccc(Cl)c2OC(F)(F)F)C=C1F. The Morgan fingerprint density at radius 1 is 1.33 bits per heavy atom. The van der Waals surface area contributed by atoms with Gasteiger partial charge in [-0.15, -0.1) is 13.2 Å². The Hall–Kier alpha value is -1.67. The molecule has 1 aliphatic rings. The van der Waals surface area contributed by atoms with Crippen LogP contribution >= 0.6 is 23.2 Å². The summed E-state index contributed by atoms with van der Waals surface area (Å²) in [5.74, 6) is -2.10. The van der Waals surface area contributed by atoms with Gasteiger partial charge in [0.2, 0.25) is 5.62 Å². The third-order valence-corrected chi connectivity index (χ3v) is 3.02. The van der Waals surface area contributed by atoms with Crippen molar-refractivity contribution >= 4 is 34.7 Å². The standard InChI is InChI=1S/C11H7Cl2F4N3O/c12-5-2-1-3-7(8(5)21-11(15,16)17)20-4-6(14)9(18)19-10(20)13/h1-4,10H,(H2,18,19). The number of hydrogen-bond donors (Lipinski definition) is 1. The lowest BCUT2D eigenvalue weighted by Crippen LogP contribution is -2.33. The number of amidine groups is 1. The van der Waals surface area contributed by atoms with Gasteiger partial charge in [0.1, 0.15) is 0 Å². The van der Waals surface area contributed by atoms with E-state index in [0.29, 0.717) is 0 Å². The van der Waals surface area contributed by atoms with Crippen LogP contribution in [-0.2, 0) is 0 Å². The quantitative estimate of drug-likeness (QED) is 0.505. The van der Waals surface area contributed by atoms with E-state index in [1.165, 1.54) is 18.2 Å². The first-order valence-electron chi connectivity index (χ1n) is 5.36. The number of halogens is 6. The van der Waals surface area contributed by atoms with Crippen LogP contribution in [0.15, 0.2) is 35.2 Å². The van der Waals surface area contributed by atoms with Gasteiger partial charge in [0.05, 0.1) is 10.7 Å². The molecule has 114 valence electrons. The fourth-order valence-electron chi connectivity index (χ4n) is 1.59. The molecule has 1 aromatic carbocycles. The van der Waals surface area contributed by atoms with Gasteiger partial charge in [0.25, 0.3) is 0 Å². The maximum atomic E-state index is 13.5. The van der Waals surface area contributed by atoms with E-state index in [4.69, 9.17) is 28.9 Å². The van der Waals surface area contributed by atoms with Gasteiger partial charge in [-0.3, -0.25) is 0 Å². The van der Waals surface area contributed by atoms with Crippen molar-refractivity contribution in [3.05, 3.63) is 35.2 Å². The van der Waals surface area contributed by atoms with E-state index in [1.807, 2.05) is 0 Å². The summed E-state index contributed by atoms with van der Waals surface area (Å²) in [4.78, 5) is 4.47. The van der Waals surface area contributed by atoms with Gasteiger partial charge >= 0.3 is 6.36 Å². The number of hydrogen-bond acceptors (Lipinski definition) is 4. The number of alkyl halides is 4. The summed E-state index contributed by atoms with van der Waals surface area (Å²) in [7, 11) is 0. The second-order valence-corrected chi connectivity index (χ2v) is 4.64. The number of nitrogens with two attached hydrogens (primary N) is 1. The fourth-order valence-corrected chi connectivity index (χ4v) is 2.06. The molecule has 0 fully saturated rings. The van der Waals surface area contributed by atoms with Gasteiger partial charge in [-0.05, 0) is 12.1 Å². The summed E-state index contributed by atoms with van der Waals surface area (Å²) >= 11 is 11.5. The van der Waals surface area contributed by atoms with Crippen LogP contribution in [0.25, 0.3) is 0 Å². The highest BCUT2D eigenvalue weighted by Crippen LogP contribution is 2.41. The van der Waals surface area contributed by atoms with Crippen LogP contribution in [0, 0.1) is 0 Å². The molecule has 0 spiro atoms. The molecule has 0 radical (unpaired) electrons. The van der Waals surface area contributed by atoms with Gasteiger partial charge in [-0.1, -0.05) is 29.3 Å². The van der Waals surface area contributed by atoms with Gasteiger partial charge in [-0.25, -0.2) is 9.38 Å². The highest BCUT2D eigenvalue weighted by Gasteiger charge is 2.35. The predicted molar refractivity (Wildman–Crippen MR) is 71.1 cm³/mol. The average molecular weight is 344 g/mol. The monoisotopic (exact) mass is 343 g/mol. The molecule has 4 nitrogen and oxygen atoms in total. The Bertz CT molecular complexity index is 618. The summed E-state index contributed by atoms with van der Waals surface area (Å²) in [5.41, 5.74) is 3.80. The highest BCUT2D eigenvalue weighted by molar-refractivity contribution is 6.32. The lowest BCUT2D eigenvalue weighted by Gasteiger charge is -2.28. The lowest BCUT2D eigenvalue weighted by molar-refractivity contribution is -0.274. The molecule has 1 unspecified atom stereocenters. The first-order chi connectivity index (χ1) is 9.69. The van der Waals surface area contributed by atoms with E-state index in [0.717, 1.165) is 11.1 Å². The first-order valence-corrected chi connectivity index (χ1v) is 6.18. The van der Waals surface area contributed by atoms with Crippen molar-refractivity contribution in [2.45, 2.75) is 12.0 Å². The Kier molecular flexibility index (Phi) is 4.20. The second kappa shape index (κ2) is 5.61. The Morgan fingerprint density at radius 3 is 2.62 bits per heavy atom. The average Bonchev–Trinajstić information content (AvgIpc) is 2.35. The van der Waals surface area contributed by atoms with E-state index in [1.54, 1.807) is 0 Å². The number of aliphatic imine (C=N–C) groups is 1. The first kappa shape index (κ1) is 15.7. The molecule has 1 atom stereocenters. The van der Waals surface area contributed by atoms with Crippen LogP contribution in [0.4, 0.5) is 23.2 Å². The van der Waals surface area contributed by atoms with Crippen LogP contribution in [0.1, 0.15) is 0 Å². The summed E-state index contributed by atoms with van der Waals surface area (Å²) < 4.78 is 54.6. The molecular formula is C11H7Cl2F4N3O. The molecule has 2 rings (SSSR count). The summed E-state index contributed by atoms with van der Waals surface area (Å²) in [6.45, 7) is 0. The van der Waals surface area contributed by atoms with Crippen molar-refractivity contribution < 1.29 is 22.3 Å². The topological polar surface area (TPSA) is 50.8 Å². The largest absolute Gasteiger partial charge is 0.573 e. The Balaban J connectivity index is 2.48. The van der Waals surface area contributed by atoms with Gasteiger partial charge in [-0.2, -0.15) is 0 Å². The predicted octanol–water partition coefficient (Wildman–Crippen LogP) is 3.75. The maximum absolute atomic E-state index is 13.5. The van der Waals surface area contributed by atoms with Crippen LogP contribution in [0.2, 0.25) is 5.02 Å². The zero-order valence-corrected chi connectivity index (χ0v) is 11.5. The molecular weight excluding hydrogens is 337 g/mol. The fraction of sp³-hybridized carbons (Fsp3) is 0.182. The van der Waals surface area contributed by atoms with Gasteiger partial charge in [0, 0.05) is 6.20 Å². The van der Waals surface area contributed by atoms with E-state index < -0.39 is 29.4 Å². The Labute approximate surface area is 126 Å². The zero-order valence-electron chi connectivity index (χ0n) is 10.0. The molecule has 0 saturated heterocycles. The summed E-state index contributed by atoms with van der Waals surface area (Å²) in [6, 6.07) is 3.78. The van der Waals surface area contributed by atoms with Crippen molar-refractivity contribution in [1.29, 1.82) is 0 Å². The Morgan fingerprint density at radius 2 is 2.00 bits per heavy atom. The third-order valence-electron chi connectivity index (χ3n) is 2.41. The summed E-state index contributed by atoms with van der Waals surface area (Å²) in [6.07, 6.45) is -4.16. The smallest absolute Gasteiger partial charge is 0.402 e. The molecule has 0 amide bonds. The number of nitrogens with zero attached hydrogens (tertiary/aromatic N) is 2. The van der Waals surface area contributed by atoms with E-state index in [2.05, 4.69) is 9.73 Å². The van der Waals surface area contributed by atoms with Crippen molar-refractivity contribution in [1.82, 2.24) is 0 Å². The normalized spacial score (nSPS) is 19.1. The zero-order chi connectivity index (χ0) is 15.8. The molecule has 10 heteroatoms. The van der Waals surface area contributed by atoms with Crippen molar-refractivity contribution in [2.75, 3.05) is 4.90 Å². The molecule has 0 saturated carbocycles. The minimum Gasteiger partial charge on any atom is -0.402 e. The minimum atomic E-state index is -4.97. The number of para-hydroxylation sites is 1. The third kappa shape index (κ3) is 3.51. The maximum Gasteiger partial charge on any atom is 0.573 e. The van der Waals surface area contributed by atoms with E-state index in [-0.39, 0.29) is 10.7 Å². The number of rotatable bonds is 2. The molecule has 0 aromatic heterocycles. The van der Waals surface area contributed by atoms with E-state index in [9.17, 15) is 17.6 Å². The van der Waals surface area contributed by atoms with Gasteiger partial charge < -0.3 is 15.4 Å². The van der Waals surface area contributed by atoms with Crippen LogP contribution < -0.4 is 15.4 Å². The molecule has 0 bridgehead atoms. The second-order valence-electron chi connectivity index (χ2n) is 3.85. The van der Waals surface area contributed by atoms with Crippen LogP contribution in [0.5, 0.6) is 5.75 Å². The molecule has 1 aromatic rings. The molecule has 1 heterocycles. The lowest BCUT2D eigenvalue weighted by atomic mass is 10.2. The molecule has 1 aliphatic heterocycles. The summed E-state index contributed by atoms with van der Waals surface area (Å²) in [5, 5.41) is -0.315. The van der Waals surface area contributed by atoms with E-state index >= 15 is 0 Å². The minimum absolute atomic E-state index is 0.203. The van der Waals surface area contributed by atoms with Crippen LogP contribution in [-0.4, -0.2) is 17.8 Å². The van der Waals surface area contributed by atoms with Crippen LogP contribution in [0.3, 0.4) is 0 Å². The van der Waals surface area contributed by atoms with Crippen molar-refractivity contribution in [3.8, 4) is 5.75 Å². The number of benzene rings is 1. The molecule has 21 heavy (non-hydrogen) atoms. The van der Waals surface area contributed by atoms with Crippen molar-refractivity contribution in [2.24, 2.45) is 10.7 Å². The van der Waals surface area contributed by atoms with Crippen molar-refractivity contribution in [3.63, 3.8) is 0 Å². The molecule has 0 aliphatic carbocycles. The highest BCUT2D eigenvalue weighted by atomic mass is 35.5. The molecule has 2 N–H and O–H groups in total. The number of ether oxygens (including phenoxy) is 1. The van der Waals surface area contributed by atoms with Gasteiger partial charge in [0.15, 0.2) is 17.4 Å².